The molecule has 0 aliphatic rings. The van der Waals surface area contributed by atoms with Crippen LogP contribution in [0.1, 0.15) is 42.2 Å². The van der Waals surface area contributed by atoms with E-state index in [0.717, 1.165) is 5.56 Å². The number of hydrogen-bond donors (Lipinski definition) is 2. The fourth-order valence-corrected chi connectivity index (χ4v) is 3.54. The molecular formula is C29H22ClN3O4. The zero-order valence-corrected chi connectivity index (χ0v) is 20.5. The highest BCUT2D eigenvalue weighted by Crippen LogP contribution is 2.19. The Kier molecular flexibility index (Phi) is 8.08. The van der Waals surface area contributed by atoms with E-state index in [0.29, 0.717) is 33.1 Å². The molecule has 0 aliphatic heterocycles. The number of carbonyl (C=O) groups is 3. The van der Waals surface area contributed by atoms with Gasteiger partial charge >= 0.3 is 5.97 Å². The highest BCUT2D eigenvalue weighted by molar-refractivity contribution is 6.30. The van der Waals surface area contributed by atoms with Gasteiger partial charge in [-0.05, 0) is 67.6 Å². The number of hydrazone groups is 1. The predicted octanol–water partition coefficient (Wildman–Crippen LogP) is 5.88. The second-order valence-corrected chi connectivity index (χ2v) is 8.44. The molecule has 0 saturated heterocycles. The van der Waals surface area contributed by atoms with Gasteiger partial charge in [0.15, 0.2) is 0 Å². The lowest BCUT2D eigenvalue weighted by Gasteiger charge is -2.10. The van der Waals surface area contributed by atoms with Crippen molar-refractivity contribution < 1.29 is 19.1 Å². The number of amides is 2. The number of nitrogens with one attached hydrogen (secondary N) is 2. The number of ether oxygens (including phenoxy) is 1. The normalized spacial score (nSPS) is 10.6. The van der Waals surface area contributed by atoms with Gasteiger partial charge in [0.1, 0.15) is 5.75 Å². The van der Waals surface area contributed by atoms with Crippen molar-refractivity contribution in [2.24, 2.45) is 5.10 Å². The molecule has 4 aromatic carbocycles. The van der Waals surface area contributed by atoms with E-state index in [-0.39, 0.29) is 11.5 Å². The molecule has 2 amide bonds. The average molecular weight is 512 g/mol. The summed E-state index contributed by atoms with van der Waals surface area (Å²) in [6.45, 7) is 1.89. The summed E-state index contributed by atoms with van der Waals surface area (Å²) in [5.41, 5.74) is 5.26. The largest absolute Gasteiger partial charge is 0.422 e. The van der Waals surface area contributed by atoms with Crippen molar-refractivity contribution in [3.63, 3.8) is 0 Å². The van der Waals surface area contributed by atoms with Gasteiger partial charge in [-0.1, -0.05) is 53.6 Å². The number of anilines is 1. The number of halogens is 1. The van der Waals surface area contributed by atoms with E-state index in [2.05, 4.69) is 15.8 Å². The second-order valence-electron chi connectivity index (χ2n) is 8.00. The predicted molar refractivity (Wildman–Crippen MR) is 143 cm³/mol. The van der Waals surface area contributed by atoms with E-state index in [9.17, 15) is 14.4 Å². The molecule has 4 aromatic rings. The van der Waals surface area contributed by atoms with Crippen molar-refractivity contribution in [3.05, 3.63) is 130 Å². The summed E-state index contributed by atoms with van der Waals surface area (Å²) in [6.07, 6.45) is 1.38. The number of para-hydroxylation sites is 2. The standard InChI is InChI=1S/C29H22ClN3O4/c1-19-7-6-9-21(17-19)29(36)37-26-12-5-2-8-22(26)18-31-33-28(35)24-10-3-4-11-25(24)32-27(34)20-13-15-23(30)16-14-20/h2-18H,1H3,(H,32,34)(H,33,35)/b31-18-. The molecule has 7 nitrogen and oxygen atoms in total. The zero-order chi connectivity index (χ0) is 26.2. The van der Waals surface area contributed by atoms with Crippen LogP contribution in [-0.4, -0.2) is 24.0 Å². The molecule has 0 unspecified atom stereocenters. The van der Waals surface area contributed by atoms with Crippen molar-refractivity contribution in [3.8, 4) is 5.75 Å². The Hall–Kier alpha value is -4.75. The van der Waals surface area contributed by atoms with E-state index in [1.165, 1.54) is 6.21 Å². The van der Waals surface area contributed by atoms with E-state index >= 15 is 0 Å². The van der Waals surface area contributed by atoms with Gasteiger partial charge in [0.05, 0.1) is 23.0 Å². The Morgan fingerprint density at radius 3 is 2.32 bits per heavy atom. The first-order valence-corrected chi connectivity index (χ1v) is 11.7. The van der Waals surface area contributed by atoms with Crippen LogP contribution in [0.15, 0.2) is 102 Å². The van der Waals surface area contributed by atoms with Crippen molar-refractivity contribution in [1.29, 1.82) is 0 Å². The smallest absolute Gasteiger partial charge is 0.343 e. The Morgan fingerprint density at radius 2 is 1.54 bits per heavy atom. The zero-order valence-electron chi connectivity index (χ0n) is 19.8. The molecule has 37 heavy (non-hydrogen) atoms. The van der Waals surface area contributed by atoms with Crippen molar-refractivity contribution >= 4 is 41.3 Å². The van der Waals surface area contributed by atoms with E-state index in [4.69, 9.17) is 16.3 Å². The lowest BCUT2D eigenvalue weighted by atomic mass is 10.1. The topological polar surface area (TPSA) is 96.9 Å². The van der Waals surface area contributed by atoms with Crippen LogP contribution in [-0.2, 0) is 0 Å². The van der Waals surface area contributed by atoms with Gasteiger partial charge in [-0.2, -0.15) is 5.10 Å². The molecule has 4 rings (SSSR count). The number of esters is 1. The van der Waals surface area contributed by atoms with Gasteiger partial charge in [0.2, 0.25) is 0 Å². The van der Waals surface area contributed by atoms with E-state index < -0.39 is 11.9 Å². The fraction of sp³-hybridized carbons (Fsp3) is 0.0345. The van der Waals surface area contributed by atoms with Crippen molar-refractivity contribution in [2.45, 2.75) is 6.92 Å². The van der Waals surface area contributed by atoms with Crippen molar-refractivity contribution in [2.75, 3.05) is 5.32 Å². The maximum absolute atomic E-state index is 12.8. The summed E-state index contributed by atoms with van der Waals surface area (Å²) in [5.74, 6) is -1.12. The van der Waals surface area contributed by atoms with Gasteiger partial charge in [0, 0.05) is 16.1 Å². The third kappa shape index (κ3) is 6.68. The quantitative estimate of drug-likeness (QED) is 0.140. The molecule has 0 aliphatic carbocycles. The number of benzene rings is 4. The molecule has 0 bridgehead atoms. The highest BCUT2D eigenvalue weighted by Gasteiger charge is 2.14. The van der Waals surface area contributed by atoms with Gasteiger partial charge < -0.3 is 10.1 Å². The second kappa shape index (κ2) is 11.8. The van der Waals surface area contributed by atoms with Crippen LogP contribution in [0, 0.1) is 6.92 Å². The van der Waals surface area contributed by atoms with Crippen LogP contribution >= 0.6 is 11.6 Å². The van der Waals surface area contributed by atoms with Crippen molar-refractivity contribution in [1.82, 2.24) is 5.43 Å². The van der Waals surface area contributed by atoms with Crippen LogP contribution in [0.3, 0.4) is 0 Å². The average Bonchev–Trinajstić information content (AvgIpc) is 2.90. The van der Waals surface area contributed by atoms with Gasteiger partial charge in [-0.15, -0.1) is 0 Å². The molecule has 0 saturated carbocycles. The molecule has 8 heteroatoms. The molecule has 0 fully saturated rings. The number of carbonyl (C=O) groups excluding carboxylic acids is 3. The lowest BCUT2D eigenvalue weighted by molar-refractivity contribution is 0.0733. The Balaban J connectivity index is 1.44. The molecule has 184 valence electrons. The third-order valence-corrected chi connectivity index (χ3v) is 5.52. The first-order valence-electron chi connectivity index (χ1n) is 11.3. The van der Waals surface area contributed by atoms with Gasteiger partial charge in [-0.3, -0.25) is 9.59 Å². The minimum absolute atomic E-state index is 0.223. The fourth-order valence-electron chi connectivity index (χ4n) is 3.42. The molecular weight excluding hydrogens is 490 g/mol. The summed E-state index contributed by atoms with van der Waals surface area (Å²) in [7, 11) is 0. The number of hydrogen-bond acceptors (Lipinski definition) is 5. The number of nitrogens with zero attached hydrogens (tertiary/aromatic N) is 1. The maximum Gasteiger partial charge on any atom is 0.343 e. The molecule has 0 spiro atoms. The Bertz CT molecular complexity index is 1480. The van der Waals surface area contributed by atoms with Gasteiger partial charge in [-0.25, -0.2) is 10.2 Å². The molecule has 0 heterocycles. The van der Waals surface area contributed by atoms with Crippen LogP contribution in [0.25, 0.3) is 0 Å². The Morgan fingerprint density at radius 1 is 0.811 bits per heavy atom. The van der Waals surface area contributed by atoms with Crippen LogP contribution in [0.5, 0.6) is 5.75 Å². The summed E-state index contributed by atoms with van der Waals surface area (Å²) >= 11 is 5.88. The first-order chi connectivity index (χ1) is 17.9. The molecule has 2 N–H and O–H groups in total. The molecule has 0 aromatic heterocycles. The van der Waals surface area contributed by atoms with E-state index in [1.807, 2.05) is 13.0 Å². The molecule has 0 atom stereocenters. The SMILES string of the molecule is Cc1cccc(C(=O)Oc2ccccc2/C=N\NC(=O)c2ccccc2NC(=O)c2ccc(Cl)cc2)c1. The maximum atomic E-state index is 12.8. The first kappa shape index (κ1) is 25.3. The minimum atomic E-state index is -0.530. The van der Waals surface area contributed by atoms with Crippen LogP contribution in [0.2, 0.25) is 5.02 Å². The van der Waals surface area contributed by atoms with Gasteiger partial charge in [0.25, 0.3) is 11.8 Å². The number of aryl methyl sites for hydroxylation is 1. The monoisotopic (exact) mass is 511 g/mol. The van der Waals surface area contributed by atoms with Crippen LogP contribution in [0.4, 0.5) is 5.69 Å². The molecule has 0 radical (unpaired) electrons. The highest BCUT2D eigenvalue weighted by atomic mass is 35.5. The summed E-state index contributed by atoms with van der Waals surface area (Å²) in [6, 6.07) is 26.9. The third-order valence-electron chi connectivity index (χ3n) is 5.27. The number of rotatable bonds is 7. The summed E-state index contributed by atoms with van der Waals surface area (Å²) < 4.78 is 5.54. The summed E-state index contributed by atoms with van der Waals surface area (Å²) in [5, 5.41) is 7.27. The summed E-state index contributed by atoms with van der Waals surface area (Å²) in [4.78, 5) is 38.0. The Labute approximate surface area is 218 Å². The minimum Gasteiger partial charge on any atom is -0.422 e. The van der Waals surface area contributed by atoms with Crippen LogP contribution < -0.4 is 15.5 Å². The lowest BCUT2D eigenvalue weighted by Crippen LogP contribution is -2.21. The van der Waals surface area contributed by atoms with E-state index in [1.54, 1.807) is 91.0 Å².